The number of rotatable bonds is 3. The van der Waals surface area contributed by atoms with Crippen molar-refractivity contribution in [3.05, 3.63) is 64.2 Å². The van der Waals surface area contributed by atoms with Gasteiger partial charge in [0.15, 0.2) is 0 Å². The highest BCUT2D eigenvalue weighted by molar-refractivity contribution is 6.10. The summed E-state index contributed by atoms with van der Waals surface area (Å²) in [6, 6.07) is 10.4. The second-order valence-electron chi connectivity index (χ2n) is 7.50. The van der Waals surface area contributed by atoms with Crippen LogP contribution in [0.4, 0.5) is 4.79 Å². The number of amides is 4. The third-order valence-corrected chi connectivity index (χ3v) is 5.58. The lowest BCUT2D eigenvalue weighted by Gasteiger charge is -2.26. The summed E-state index contributed by atoms with van der Waals surface area (Å²) in [4.78, 5) is 39.1. The van der Waals surface area contributed by atoms with E-state index in [-0.39, 0.29) is 12.5 Å². The molecule has 7 nitrogen and oxygen atoms in total. The molecule has 152 valence electrons. The zero-order valence-corrected chi connectivity index (χ0v) is 17.0. The fourth-order valence-electron chi connectivity index (χ4n) is 3.67. The Bertz CT molecular complexity index is 1140. The molecule has 30 heavy (non-hydrogen) atoms. The van der Waals surface area contributed by atoms with Gasteiger partial charge in [0.25, 0.3) is 11.8 Å². The number of ether oxygens (including phenoxy) is 1. The second-order valence-corrected chi connectivity index (χ2v) is 7.50. The molecule has 2 aliphatic heterocycles. The summed E-state index contributed by atoms with van der Waals surface area (Å²) in [6.07, 6.45) is 0. The molecule has 2 heterocycles. The van der Waals surface area contributed by atoms with E-state index in [4.69, 9.17) is 4.74 Å². The molecule has 4 amide bonds. The SMILES string of the molecule is COc1ccc2c(c1)C(=O)N(C[C@@]1(C#Cc3cccc(C)c3C)NC(=O)NC1=O)C2. The molecule has 0 spiro atoms. The fourth-order valence-corrected chi connectivity index (χ4v) is 3.67. The maximum absolute atomic E-state index is 12.9. The van der Waals surface area contributed by atoms with E-state index in [2.05, 4.69) is 22.5 Å². The lowest BCUT2D eigenvalue weighted by molar-refractivity contribution is -0.122. The first kappa shape index (κ1) is 19.5. The summed E-state index contributed by atoms with van der Waals surface area (Å²) in [5, 5.41) is 4.88. The molecule has 7 heteroatoms. The van der Waals surface area contributed by atoms with Crippen LogP contribution in [0.3, 0.4) is 0 Å². The number of fused-ring (bicyclic) bond motifs is 1. The summed E-state index contributed by atoms with van der Waals surface area (Å²) in [6.45, 7) is 4.20. The van der Waals surface area contributed by atoms with Gasteiger partial charge in [-0.25, -0.2) is 4.79 Å². The summed E-state index contributed by atoms with van der Waals surface area (Å²) in [7, 11) is 1.54. The van der Waals surface area contributed by atoms with Gasteiger partial charge in [-0.1, -0.05) is 30.0 Å². The van der Waals surface area contributed by atoms with Crippen molar-refractivity contribution in [2.45, 2.75) is 25.9 Å². The third kappa shape index (κ3) is 3.26. The zero-order chi connectivity index (χ0) is 21.5. The van der Waals surface area contributed by atoms with Gasteiger partial charge in [0.1, 0.15) is 5.75 Å². The average Bonchev–Trinajstić information content (AvgIpc) is 3.18. The number of imide groups is 1. The first-order chi connectivity index (χ1) is 14.3. The molecule has 1 fully saturated rings. The third-order valence-electron chi connectivity index (χ3n) is 5.58. The van der Waals surface area contributed by atoms with Crippen LogP contribution in [0.5, 0.6) is 5.75 Å². The highest BCUT2D eigenvalue weighted by Crippen LogP contribution is 2.28. The predicted octanol–water partition coefficient (Wildman–Crippen LogP) is 1.90. The number of aryl methyl sites for hydroxylation is 1. The van der Waals surface area contributed by atoms with Gasteiger partial charge in [-0.05, 0) is 48.7 Å². The number of urea groups is 1. The normalized spacial score (nSPS) is 19.7. The van der Waals surface area contributed by atoms with Crippen LogP contribution < -0.4 is 15.4 Å². The highest BCUT2D eigenvalue weighted by atomic mass is 16.5. The highest BCUT2D eigenvalue weighted by Gasteiger charge is 2.48. The Balaban J connectivity index is 1.67. The summed E-state index contributed by atoms with van der Waals surface area (Å²) in [5.74, 6) is 5.77. The molecule has 4 rings (SSSR count). The summed E-state index contributed by atoms with van der Waals surface area (Å²) in [5.41, 5.74) is 2.69. The van der Waals surface area contributed by atoms with E-state index in [1.165, 1.54) is 12.0 Å². The van der Waals surface area contributed by atoms with E-state index in [1.807, 2.05) is 38.1 Å². The van der Waals surface area contributed by atoms with Crippen LogP contribution >= 0.6 is 0 Å². The van der Waals surface area contributed by atoms with Gasteiger partial charge < -0.3 is 15.0 Å². The molecule has 2 aromatic rings. The summed E-state index contributed by atoms with van der Waals surface area (Å²) < 4.78 is 5.20. The van der Waals surface area contributed by atoms with Crippen LogP contribution in [0.2, 0.25) is 0 Å². The number of hydrogen-bond donors (Lipinski definition) is 2. The van der Waals surface area contributed by atoms with Gasteiger partial charge in [-0.3, -0.25) is 14.9 Å². The lowest BCUT2D eigenvalue weighted by Crippen LogP contribution is -2.54. The largest absolute Gasteiger partial charge is 0.497 e. The number of nitrogens with one attached hydrogen (secondary N) is 2. The zero-order valence-electron chi connectivity index (χ0n) is 17.0. The standard InChI is InChI=1S/C23H21N3O4/c1-14-5-4-6-16(15(14)2)9-10-23(21(28)24-22(29)25-23)13-26-12-17-7-8-18(30-3)11-19(17)20(26)27/h4-8,11H,12-13H2,1-3H3,(H2,24,25,28,29)/t23-/m1/s1. The fraction of sp³-hybridized carbons (Fsp3) is 0.261. The first-order valence-corrected chi connectivity index (χ1v) is 9.52. The predicted molar refractivity (Wildman–Crippen MR) is 110 cm³/mol. The Morgan fingerprint density at radius 3 is 2.67 bits per heavy atom. The summed E-state index contributed by atoms with van der Waals surface area (Å²) >= 11 is 0. The Labute approximate surface area is 174 Å². The molecule has 0 unspecified atom stereocenters. The lowest BCUT2D eigenvalue weighted by atomic mass is 9.97. The van der Waals surface area contributed by atoms with E-state index in [9.17, 15) is 14.4 Å². The van der Waals surface area contributed by atoms with Gasteiger partial charge >= 0.3 is 6.03 Å². The van der Waals surface area contributed by atoms with Crippen LogP contribution in [0.1, 0.15) is 32.6 Å². The molecule has 1 atom stereocenters. The smallest absolute Gasteiger partial charge is 0.323 e. The Morgan fingerprint density at radius 2 is 1.97 bits per heavy atom. The van der Waals surface area contributed by atoms with E-state index in [0.29, 0.717) is 17.9 Å². The Hall–Kier alpha value is -3.79. The Morgan fingerprint density at radius 1 is 1.17 bits per heavy atom. The van der Waals surface area contributed by atoms with Crippen molar-refractivity contribution in [3.63, 3.8) is 0 Å². The van der Waals surface area contributed by atoms with E-state index >= 15 is 0 Å². The number of methoxy groups -OCH3 is 1. The van der Waals surface area contributed by atoms with Crippen molar-refractivity contribution in [2.24, 2.45) is 0 Å². The molecule has 0 bridgehead atoms. The van der Waals surface area contributed by atoms with Crippen molar-refractivity contribution in [1.29, 1.82) is 0 Å². The van der Waals surface area contributed by atoms with Crippen LogP contribution in [-0.2, 0) is 11.3 Å². The number of carbonyl (C=O) groups is 3. The van der Waals surface area contributed by atoms with Crippen molar-refractivity contribution < 1.29 is 19.1 Å². The number of benzene rings is 2. The van der Waals surface area contributed by atoms with Gasteiger partial charge in [-0.15, -0.1) is 0 Å². The molecule has 2 N–H and O–H groups in total. The monoisotopic (exact) mass is 403 g/mol. The molecular formula is C23H21N3O4. The van der Waals surface area contributed by atoms with E-state index in [1.54, 1.807) is 12.1 Å². The molecular weight excluding hydrogens is 382 g/mol. The van der Waals surface area contributed by atoms with Gasteiger partial charge in [0.2, 0.25) is 5.54 Å². The van der Waals surface area contributed by atoms with Crippen LogP contribution in [-0.4, -0.2) is 41.9 Å². The minimum absolute atomic E-state index is 0.0573. The molecule has 1 saturated heterocycles. The molecule has 0 aliphatic carbocycles. The van der Waals surface area contributed by atoms with Crippen molar-refractivity contribution >= 4 is 17.8 Å². The van der Waals surface area contributed by atoms with Crippen molar-refractivity contribution in [2.75, 3.05) is 13.7 Å². The minimum Gasteiger partial charge on any atom is -0.497 e. The molecule has 0 saturated carbocycles. The average molecular weight is 403 g/mol. The van der Waals surface area contributed by atoms with E-state index < -0.39 is 17.5 Å². The minimum atomic E-state index is -1.52. The maximum Gasteiger partial charge on any atom is 0.323 e. The Kier molecular flexibility index (Phi) is 4.70. The van der Waals surface area contributed by atoms with E-state index in [0.717, 1.165) is 22.3 Å². The maximum atomic E-state index is 12.9. The van der Waals surface area contributed by atoms with Crippen molar-refractivity contribution in [3.8, 4) is 17.6 Å². The van der Waals surface area contributed by atoms with Crippen molar-refractivity contribution in [1.82, 2.24) is 15.5 Å². The van der Waals surface area contributed by atoms with Crippen LogP contribution in [0, 0.1) is 25.7 Å². The number of hydrogen-bond acceptors (Lipinski definition) is 4. The molecule has 2 aromatic carbocycles. The number of carbonyl (C=O) groups excluding carboxylic acids is 3. The molecule has 0 aromatic heterocycles. The number of nitrogens with zero attached hydrogens (tertiary/aromatic N) is 1. The second kappa shape index (κ2) is 7.23. The molecule has 2 aliphatic rings. The van der Waals surface area contributed by atoms with Gasteiger partial charge in [-0.2, -0.15) is 0 Å². The first-order valence-electron chi connectivity index (χ1n) is 9.52. The van der Waals surface area contributed by atoms with Crippen LogP contribution in [0.25, 0.3) is 0 Å². The van der Waals surface area contributed by atoms with Gasteiger partial charge in [0.05, 0.1) is 13.7 Å². The van der Waals surface area contributed by atoms with Gasteiger partial charge in [0, 0.05) is 17.7 Å². The molecule has 0 radical (unpaired) electrons. The quantitative estimate of drug-likeness (QED) is 0.605. The topological polar surface area (TPSA) is 87.7 Å². The van der Waals surface area contributed by atoms with Crippen LogP contribution in [0.15, 0.2) is 36.4 Å².